The number of esters is 1. The molecule has 0 aliphatic carbocycles. The molecule has 0 saturated heterocycles. The molecule has 10 heteroatoms. The Kier molecular flexibility index (Phi) is 11.9. The van der Waals surface area contributed by atoms with E-state index in [4.69, 9.17) is 9.47 Å². The lowest BCUT2D eigenvalue weighted by molar-refractivity contribution is -0.384. The Bertz CT molecular complexity index is 1660. The lowest BCUT2D eigenvalue weighted by Gasteiger charge is -2.21. The number of aromatic nitrogens is 2. The number of imidazole rings is 1. The molecule has 2 N–H and O–H groups in total. The zero-order chi connectivity index (χ0) is 34.0. The number of aromatic amines is 1. The lowest BCUT2D eigenvalue weighted by atomic mass is 9.86. The van der Waals surface area contributed by atoms with Gasteiger partial charge in [0.2, 0.25) is 0 Å². The fourth-order valence-corrected chi connectivity index (χ4v) is 4.95. The van der Waals surface area contributed by atoms with Crippen LogP contribution in [0.2, 0.25) is 0 Å². The van der Waals surface area contributed by atoms with Crippen LogP contribution in [0.25, 0.3) is 11.3 Å². The number of nitro benzene ring substituents is 1. The van der Waals surface area contributed by atoms with Crippen molar-refractivity contribution in [1.29, 1.82) is 0 Å². The second-order valence-corrected chi connectivity index (χ2v) is 12.6. The Morgan fingerprint density at radius 1 is 0.957 bits per heavy atom. The Balaban J connectivity index is 1.67. The third-order valence-electron chi connectivity index (χ3n) is 7.85. The third kappa shape index (κ3) is 9.51. The minimum Gasteiger partial charge on any atom is -0.493 e. The molecule has 248 valence electrons. The molecule has 1 amide bonds. The van der Waals surface area contributed by atoms with Gasteiger partial charge in [-0.25, -0.2) is 9.78 Å². The van der Waals surface area contributed by atoms with Crippen molar-refractivity contribution in [2.45, 2.75) is 78.2 Å². The minimum absolute atomic E-state index is 0.00190. The van der Waals surface area contributed by atoms with Crippen molar-refractivity contribution in [2.75, 3.05) is 13.2 Å². The number of non-ortho nitro benzene ring substituents is 1. The monoisotopic (exact) mass is 640 g/mol. The summed E-state index contributed by atoms with van der Waals surface area (Å²) < 4.78 is 11.5. The zero-order valence-electron chi connectivity index (χ0n) is 27.8. The van der Waals surface area contributed by atoms with E-state index in [1.54, 1.807) is 30.5 Å². The molecule has 10 nitrogen and oxygen atoms in total. The number of ether oxygens (including phenoxy) is 2. The highest BCUT2D eigenvalue weighted by Gasteiger charge is 2.23. The number of nitrogens with one attached hydrogen (secondary N) is 2. The average Bonchev–Trinajstić information content (AvgIpc) is 3.53. The normalized spacial score (nSPS) is 11.9. The number of rotatable bonds is 15. The molecule has 0 bridgehead atoms. The predicted octanol–water partition coefficient (Wildman–Crippen LogP) is 8.13. The molecule has 3 aromatic carbocycles. The average molecular weight is 641 g/mol. The van der Waals surface area contributed by atoms with Gasteiger partial charge in [0.1, 0.15) is 17.1 Å². The summed E-state index contributed by atoms with van der Waals surface area (Å²) >= 11 is 0. The van der Waals surface area contributed by atoms with Crippen molar-refractivity contribution in [3.05, 3.63) is 111 Å². The van der Waals surface area contributed by atoms with Crippen molar-refractivity contribution >= 4 is 17.6 Å². The van der Waals surface area contributed by atoms with Gasteiger partial charge in [-0.2, -0.15) is 0 Å². The molecule has 1 atom stereocenters. The van der Waals surface area contributed by atoms with Crippen LogP contribution in [0.5, 0.6) is 5.75 Å². The molecule has 0 spiro atoms. The summed E-state index contributed by atoms with van der Waals surface area (Å²) in [6.07, 6.45) is 5.36. The molecule has 0 fully saturated rings. The quantitative estimate of drug-likeness (QED) is 0.0579. The number of carbonyl (C=O) groups excluding carboxylic acids is 2. The van der Waals surface area contributed by atoms with E-state index in [1.807, 2.05) is 37.3 Å². The van der Waals surface area contributed by atoms with Gasteiger partial charge in [0, 0.05) is 29.7 Å². The van der Waals surface area contributed by atoms with Crippen LogP contribution in [0, 0.1) is 10.1 Å². The van der Waals surface area contributed by atoms with Crippen LogP contribution < -0.4 is 10.1 Å². The summed E-state index contributed by atoms with van der Waals surface area (Å²) in [5, 5.41) is 14.2. The molecular formula is C37H44N4O6. The number of carbonyl (C=O) groups is 2. The summed E-state index contributed by atoms with van der Waals surface area (Å²) in [5.41, 5.74) is 3.96. The van der Waals surface area contributed by atoms with E-state index < -0.39 is 16.9 Å². The summed E-state index contributed by atoms with van der Waals surface area (Å²) in [6, 6.07) is 18.5. The summed E-state index contributed by atoms with van der Waals surface area (Å²) in [4.78, 5) is 45.3. The first-order chi connectivity index (χ1) is 22.5. The van der Waals surface area contributed by atoms with Crippen LogP contribution in [0.4, 0.5) is 5.69 Å². The highest BCUT2D eigenvalue weighted by molar-refractivity contribution is 5.95. The predicted molar refractivity (Wildman–Crippen MR) is 182 cm³/mol. The summed E-state index contributed by atoms with van der Waals surface area (Å²) in [7, 11) is 0. The maximum atomic E-state index is 13.6. The van der Waals surface area contributed by atoms with Crippen molar-refractivity contribution in [1.82, 2.24) is 15.3 Å². The SMILES string of the molecule is CCCCOC(=O)c1cc(C(Cc2ncc(-c3ccc([N+](=O)[O-])cc3)[nH]2)NC(=O)c2ccc(C(C)(C)C)cc2)ccc1OCCCC. The number of unbranched alkanes of at least 4 members (excludes halogenated alkanes) is 2. The molecule has 0 saturated carbocycles. The van der Waals surface area contributed by atoms with Gasteiger partial charge in [0.05, 0.1) is 36.1 Å². The van der Waals surface area contributed by atoms with E-state index in [0.29, 0.717) is 47.2 Å². The topological polar surface area (TPSA) is 136 Å². The Hall–Kier alpha value is -4.99. The number of nitro groups is 1. The second-order valence-electron chi connectivity index (χ2n) is 12.6. The molecule has 4 rings (SSSR count). The van der Waals surface area contributed by atoms with Crippen molar-refractivity contribution in [3.8, 4) is 17.0 Å². The standard InChI is InChI=1S/C37H44N4O6/c1-6-8-20-46-33-19-14-27(22-30(33)36(43)47-21-9-7-2)31(40-35(42)26-10-15-28(16-11-26)37(3,4)5)23-34-38-24-32(39-34)25-12-17-29(18-13-25)41(44)45/h10-19,22,24,31H,6-9,20-21,23H2,1-5H3,(H,38,39)(H,40,42). The molecule has 1 heterocycles. The van der Waals surface area contributed by atoms with Crippen molar-refractivity contribution < 1.29 is 24.0 Å². The molecule has 1 unspecified atom stereocenters. The second kappa shape index (κ2) is 16.0. The molecule has 1 aromatic heterocycles. The van der Waals surface area contributed by atoms with Gasteiger partial charge in [-0.1, -0.05) is 65.7 Å². The van der Waals surface area contributed by atoms with Crippen LogP contribution in [0.15, 0.2) is 72.9 Å². The summed E-state index contributed by atoms with van der Waals surface area (Å²) in [6.45, 7) is 11.2. The molecule has 47 heavy (non-hydrogen) atoms. The van der Waals surface area contributed by atoms with Gasteiger partial charge in [-0.3, -0.25) is 14.9 Å². The lowest BCUT2D eigenvalue weighted by Crippen LogP contribution is -2.30. The van der Waals surface area contributed by atoms with Crippen LogP contribution >= 0.6 is 0 Å². The number of amides is 1. The van der Waals surface area contributed by atoms with Crippen LogP contribution in [-0.2, 0) is 16.6 Å². The first kappa shape index (κ1) is 34.9. The number of hydrogen-bond donors (Lipinski definition) is 2. The number of H-pyrrole nitrogens is 1. The van der Waals surface area contributed by atoms with Crippen LogP contribution in [-0.4, -0.2) is 40.0 Å². The smallest absolute Gasteiger partial charge is 0.341 e. The van der Waals surface area contributed by atoms with E-state index in [1.165, 1.54) is 12.1 Å². The van der Waals surface area contributed by atoms with E-state index in [2.05, 4.69) is 43.0 Å². The molecule has 0 radical (unpaired) electrons. The molecular weight excluding hydrogens is 596 g/mol. The van der Waals surface area contributed by atoms with Crippen molar-refractivity contribution in [3.63, 3.8) is 0 Å². The molecule has 0 aliphatic rings. The Morgan fingerprint density at radius 2 is 1.64 bits per heavy atom. The van der Waals surface area contributed by atoms with Crippen LogP contribution in [0.1, 0.15) is 104 Å². The van der Waals surface area contributed by atoms with E-state index >= 15 is 0 Å². The van der Waals surface area contributed by atoms with Gasteiger partial charge in [-0.15, -0.1) is 0 Å². The number of hydrogen-bond acceptors (Lipinski definition) is 7. The van der Waals surface area contributed by atoms with Gasteiger partial charge in [0.25, 0.3) is 11.6 Å². The maximum absolute atomic E-state index is 13.6. The fraction of sp³-hybridized carbons (Fsp3) is 0.378. The van der Waals surface area contributed by atoms with Gasteiger partial charge in [0.15, 0.2) is 0 Å². The molecule has 4 aromatic rings. The number of nitrogens with zero attached hydrogens (tertiary/aromatic N) is 2. The van der Waals surface area contributed by atoms with Gasteiger partial charge >= 0.3 is 5.97 Å². The maximum Gasteiger partial charge on any atom is 0.341 e. The Morgan fingerprint density at radius 3 is 2.28 bits per heavy atom. The molecule has 0 aliphatic heterocycles. The van der Waals surface area contributed by atoms with E-state index in [0.717, 1.165) is 36.8 Å². The fourth-order valence-electron chi connectivity index (χ4n) is 4.95. The van der Waals surface area contributed by atoms with Gasteiger partial charge in [-0.05, 0) is 65.8 Å². The first-order valence-electron chi connectivity index (χ1n) is 16.1. The zero-order valence-corrected chi connectivity index (χ0v) is 27.8. The first-order valence-corrected chi connectivity index (χ1v) is 16.1. The highest BCUT2D eigenvalue weighted by atomic mass is 16.6. The largest absolute Gasteiger partial charge is 0.493 e. The minimum atomic E-state index is -0.576. The third-order valence-corrected chi connectivity index (χ3v) is 7.85. The van der Waals surface area contributed by atoms with Gasteiger partial charge < -0.3 is 19.8 Å². The Labute approximate surface area is 276 Å². The van der Waals surface area contributed by atoms with Crippen LogP contribution in [0.3, 0.4) is 0 Å². The van der Waals surface area contributed by atoms with E-state index in [-0.39, 0.29) is 23.4 Å². The van der Waals surface area contributed by atoms with Crippen molar-refractivity contribution in [2.24, 2.45) is 0 Å². The van der Waals surface area contributed by atoms with E-state index in [9.17, 15) is 19.7 Å². The summed E-state index contributed by atoms with van der Waals surface area (Å²) in [5.74, 6) is 0.271. The highest BCUT2D eigenvalue weighted by Crippen LogP contribution is 2.29. The number of benzene rings is 3.